The van der Waals surface area contributed by atoms with Crippen molar-refractivity contribution in [3.05, 3.63) is 83.1 Å². The van der Waals surface area contributed by atoms with Crippen molar-refractivity contribution in [3.63, 3.8) is 0 Å². The van der Waals surface area contributed by atoms with Gasteiger partial charge in [-0.1, -0.05) is 19.9 Å². The third-order valence-corrected chi connectivity index (χ3v) is 8.93. The van der Waals surface area contributed by atoms with Crippen LogP contribution in [0.4, 0.5) is 8.78 Å². The van der Waals surface area contributed by atoms with Crippen LogP contribution < -0.4 is 5.43 Å². The van der Waals surface area contributed by atoms with Crippen LogP contribution in [0, 0.1) is 23.0 Å². The minimum Gasteiger partial charge on any atom is -0.377 e. The first kappa shape index (κ1) is 22.6. The van der Waals surface area contributed by atoms with Crippen LogP contribution in [0.3, 0.4) is 0 Å². The normalized spacial score (nSPS) is 26.1. The number of ether oxygens (including phenoxy) is 1. The van der Waals surface area contributed by atoms with Crippen LogP contribution in [0.5, 0.6) is 0 Å². The van der Waals surface area contributed by atoms with E-state index in [4.69, 9.17) is 9.72 Å². The maximum absolute atomic E-state index is 14.7. The van der Waals surface area contributed by atoms with Crippen molar-refractivity contribution in [1.82, 2.24) is 30.2 Å². The van der Waals surface area contributed by atoms with Crippen molar-refractivity contribution < 1.29 is 13.5 Å². The van der Waals surface area contributed by atoms with Crippen LogP contribution in [0.1, 0.15) is 44.0 Å². The highest BCUT2D eigenvalue weighted by Gasteiger charge is 2.66. The summed E-state index contributed by atoms with van der Waals surface area (Å²) in [6.07, 6.45) is 9.47. The Morgan fingerprint density at radius 1 is 1.14 bits per heavy atom. The number of likely N-dealkylation sites (N-methyl/N-ethyl adjacent to an activating group) is 1. The van der Waals surface area contributed by atoms with Crippen LogP contribution in [-0.4, -0.2) is 45.0 Å². The number of allylic oxidation sites excluding steroid dienone is 3. The van der Waals surface area contributed by atoms with Crippen molar-refractivity contribution in [1.29, 1.82) is 0 Å². The fourth-order valence-corrected chi connectivity index (χ4v) is 7.02. The lowest BCUT2D eigenvalue weighted by atomic mass is 9.65. The zero-order valence-corrected chi connectivity index (χ0v) is 21.0. The summed E-state index contributed by atoms with van der Waals surface area (Å²) in [5, 5.41) is 6.44. The van der Waals surface area contributed by atoms with Crippen molar-refractivity contribution in [3.8, 4) is 11.4 Å². The van der Waals surface area contributed by atoms with Crippen LogP contribution >= 0.6 is 0 Å². The summed E-state index contributed by atoms with van der Waals surface area (Å²) in [7, 11) is 1.92. The van der Waals surface area contributed by atoms with Gasteiger partial charge in [0.05, 0.1) is 59.1 Å². The van der Waals surface area contributed by atoms with Crippen LogP contribution in [0.25, 0.3) is 17.1 Å². The van der Waals surface area contributed by atoms with E-state index in [0.717, 1.165) is 35.4 Å². The summed E-state index contributed by atoms with van der Waals surface area (Å²) in [4.78, 5) is 9.69. The standard InChI is InChI=1S/C28H28F2N6O/c1-27(2)19-7-9-28(27,23-8-10-31-26(33-23)16-12-32-36(13-16)17-14-37-15-17)25-18(19)11-22(34-35(25)3)24-20(29)5-4-6-21(24)30/h4-6,8,10-13,17,19,34H,7,9,14-15H2,1-3H3/t19-,28-/m0/s1. The van der Waals surface area contributed by atoms with Crippen molar-refractivity contribution in [2.45, 2.75) is 38.1 Å². The van der Waals surface area contributed by atoms with Crippen LogP contribution in [0.15, 0.2) is 60.2 Å². The van der Waals surface area contributed by atoms with E-state index in [1.807, 2.05) is 47.5 Å². The van der Waals surface area contributed by atoms with E-state index < -0.39 is 11.6 Å². The Bertz CT molecular complexity index is 1470. The van der Waals surface area contributed by atoms with Gasteiger partial charge < -0.3 is 4.74 Å². The van der Waals surface area contributed by atoms with Gasteiger partial charge in [0.2, 0.25) is 0 Å². The van der Waals surface area contributed by atoms with E-state index in [2.05, 4.69) is 29.4 Å². The van der Waals surface area contributed by atoms with Gasteiger partial charge in [0.15, 0.2) is 5.82 Å². The van der Waals surface area contributed by atoms with Crippen LogP contribution in [-0.2, 0) is 10.2 Å². The fourth-order valence-electron chi connectivity index (χ4n) is 7.02. The molecule has 0 spiro atoms. The maximum Gasteiger partial charge on any atom is 0.162 e. The smallest absolute Gasteiger partial charge is 0.162 e. The maximum atomic E-state index is 14.7. The van der Waals surface area contributed by atoms with Gasteiger partial charge >= 0.3 is 0 Å². The van der Waals surface area contributed by atoms with Crippen molar-refractivity contribution in [2.24, 2.45) is 11.3 Å². The molecular formula is C28H28F2N6O. The third kappa shape index (κ3) is 2.97. The molecule has 190 valence electrons. The number of rotatable bonds is 4. The number of halogens is 2. The first-order valence-electron chi connectivity index (χ1n) is 12.7. The van der Waals surface area contributed by atoms with Crippen LogP contribution in [0.2, 0.25) is 0 Å². The molecule has 0 unspecified atom stereocenters. The predicted octanol–water partition coefficient (Wildman–Crippen LogP) is 4.62. The molecule has 1 N–H and O–H groups in total. The lowest BCUT2D eigenvalue weighted by Crippen LogP contribution is -2.47. The molecule has 7 nitrogen and oxygen atoms in total. The lowest BCUT2D eigenvalue weighted by Gasteiger charge is -2.44. The SMILES string of the molecule is CN1NC(c2c(F)cccc2F)=CC2=C1[C@@]1(c3ccnc(-c4cnn(C5COC5)c4)n3)CC[C@@H]2C1(C)C. The zero-order chi connectivity index (χ0) is 25.5. The highest BCUT2D eigenvalue weighted by Crippen LogP contribution is 2.69. The van der Waals surface area contributed by atoms with Crippen molar-refractivity contribution >= 4 is 5.70 Å². The number of nitrogens with zero attached hydrogens (tertiary/aromatic N) is 5. The summed E-state index contributed by atoms with van der Waals surface area (Å²) in [6.45, 7) is 5.90. The molecule has 4 aliphatic rings. The first-order chi connectivity index (χ1) is 17.8. The molecule has 9 heteroatoms. The molecule has 1 saturated carbocycles. The van der Waals surface area contributed by atoms with E-state index in [1.165, 1.54) is 18.2 Å². The molecule has 1 saturated heterocycles. The highest BCUT2D eigenvalue weighted by molar-refractivity contribution is 5.72. The van der Waals surface area contributed by atoms with Gasteiger partial charge in [-0.2, -0.15) is 5.10 Å². The quantitative estimate of drug-likeness (QED) is 0.562. The second-order valence-corrected chi connectivity index (χ2v) is 11.0. The fraction of sp³-hybridized carbons (Fsp3) is 0.393. The Morgan fingerprint density at radius 3 is 2.65 bits per heavy atom. The molecule has 3 aromatic rings. The molecule has 1 aromatic carbocycles. The number of nitrogens with one attached hydrogen (secondary N) is 1. The van der Waals surface area contributed by atoms with Gasteiger partial charge in [0.1, 0.15) is 11.6 Å². The molecule has 7 rings (SSSR count). The molecule has 2 aliphatic carbocycles. The number of hydrazine groups is 1. The highest BCUT2D eigenvalue weighted by atomic mass is 19.1. The molecule has 4 heterocycles. The largest absolute Gasteiger partial charge is 0.377 e. The number of aromatic nitrogens is 4. The van der Waals surface area contributed by atoms with Gasteiger partial charge in [0.25, 0.3) is 0 Å². The van der Waals surface area contributed by atoms with Gasteiger partial charge in [-0.15, -0.1) is 0 Å². The van der Waals surface area contributed by atoms with Crippen molar-refractivity contribution in [2.75, 3.05) is 20.3 Å². The summed E-state index contributed by atoms with van der Waals surface area (Å²) in [6, 6.07) is 6.24. The zero-order valence-electron chi connectivity index (χ0n) is 21.0. The number of benzene rings is 1. The third-order valence-electron chi connectivity index (χ3n) is 8.93. The Balaban J connectivity index is 1.35. The predicted molar refractivity (Wildman–Crippen MR) is 134 cm³/mol. The monoisotopic (exact) mass is 502 g/mol. The van der Waals surface area contributed by atoms with Gasteiger partial charge in [-0.05, 0) is 54.0 Å². The molecule has 2 atom stereocenters. The average molecular weight is 503 g/mol. The minimum atomic E-state index is -0.581. The Hall–Kier alpha value is -3.59. The van der Waals surface area contributed by atoms with E-state index in [-0.39, 0.29) is 28.4 Å². The molecule has 0 amide bonds. The molecule has 2 bridgehead atoms. The summed E-state index contributed by atoms with van der Waals surface area (Å²) < 4.78 is 36.6. The average Bonchev–Trinajstić information content (AvgIpc) is 3.46. The molecular weight excluding hydrogens is 474 g/mol. The number of fused-ring (bicyclic) bond motifs is 4. The number of hydrogen-bond acceptors (Lipinski definition) is 6. The van der Waals surface area contributed by atoms with E-state index in [1.54, 1.807) is 0 Å². The first-order valence-corrected chi connectivity index (χ1v) is 12.7. The second kappa shape index (κ2) is 7.71. The molecule has 2 fully saturated rings. The van der Waals surface area contributed by atoms with Gasteiger partial charge in [-0.25, -0.2) is 18.7 Å². The molecule has 2 aromatic heterocycles. The second-order valence-electron chi connectivity index (χ2n) is 11.0. The Morgan fingerprint density at radius 2 is 1.92 bits per heavy atom. The van der Waals surface area contributed by atoms with Gasteiger partial charge in [-0.3, -0.25) is 15.1 Å². The number of hydrogen-bond donors (Lipinski definition) is 1. The minimum absolute atomic E-state index is 0.0336. The summed E-state index contributed by atoms with van der Waals surface area (Å²) >= 11 is 0. The van der Waals surface area contributed by atoms with E-state index in [9.17, 15) is 8.78 Å². The van der Waals surface area contributed by atoms with Gasteiger partial charge in [0, 0.05) is 19.4 Å². The van der Waals surface area contributed by atoms with E-state index >= 15 is 0 Å². The Labute approximate surface area is 213 Å². The molecule has 37 heavy (non-hydrogen) atoms. The molecule has 2 aliphatic heterocycles. The molecule has 0 radical (unpaired) electrons. The summed E-state index contributed by atoms with van der Waals surface area (Å²) in [5.74, 6) is -0.287. The van der Waals surface area contributed by atoms with E-state index in [0.29, 0.717) is 24.7 Å². The lowest BCUT2D eigenvalue weighted by molar-refractivity contribution is -0.0286. The topological polar surface area (TPSA) is 68.1 Å². The summed E-state index contributed by atoms with van der Waals surface area (Å²) in [5.41, 5.74) is 7.19. The Kier molecular flexibility index (Phi) is 4.71.